The summed E-state index contributed by atoms with van der Waals surface area (Å²) in [5.41, 5.74) is 1.16. The molecule has 0 aliphatic rings. The fraction of sp³-hybridized carbons (Fsp3) is 0.167. The molecule has 0 fully saturated rings. The van der Waals surface area contributed by atoms with Crippen molar-refractivity contribution in [3.63, 3.8) is 0 Å². The number of rotatable bonds is 11. The van der Waals surface area contributed by atoms with Gasteiger partial charge in [-0.2, -0.15) is 8.78 Å². The molecule has 0 saturated heterocycles. The first-order chi connectivity index (χ1) is 22.9. The van der Waals surface area contributed by atoms with Crippen LogP contribution in [0, 0.1) is 34.9 Å². The fourth-order valence-corrected chi connectivity index (χ4v) is 4.86. The maximum atomic E-state index is 15.0. The minimum atomic E-state index is -4.84. The molecule has 12 heteroatoms. The summed E-state index contributed by atoms with van der Waals surface area (Å²) in [6.07, 6.45) is 1.33. The van der Waals surface area contributed by atoms with Crippen molar-refractivity contribution in [3.8, 4) is 33.9 Å². The van der Waals surface area contributed by atoms with Crippen molar-refractivity contribution in [2.24, 2.45) is 0 Å². The first kappa shape index (κ1) is 34.1. The summed E-state index contributed by atoms with van der Waals surface area (Å²) in [4.78, 5) is 17.2. The molecule has 1 aromatic heterocycles. The second-order valence-electron chi connectivity index (χ2n) is 10.8. The van der Waals surface area contributed by atoms with E-state index in [4.69, 9.17) is 4.74 Å². The van der Waals surface area contributed by atoms with Crippen LogP contribution in [-0.2, 0) is 12.5 Å². The Morgan fingerprint density at radius 2 is 1.29 bits per heavy atom. The van der Waals surface area contributed by atoms with Gasteiger partial charge in [-0.3, -0.25) is 4.98 Å². The van der Waals surface area contributed by atoms with E-state index in [0.29, 0.717) is 11.1 Å². The molecule has 1 heterocycles. The summed E-state index contributed by atoms with van der Waals surface area (Å²) >= 11 is 0. The molecule has 0 aliphatic carbocycles. The number of aryl methyl sites for hydroxylation is 1. The zero-order chi connectivity index (χ0) is 34.6. The van der Waals surface area contributed by atoms with Crippen LogP contribution in [0.4, 0.5) is 35.1 Å². The van der Waals surface area contributed by atoms with E-state index in [-0.39, 0.29) is 24.3 Å². The van der Waals surface area contributed by atoms with E-state index in [1.807, 2.05) is 30.5 Å². The number of hydrogen-bond donors (Lipinski definition) is 0. The number of carbonyl (C=O) groups excluding carboxylic acids is 1. The average Bonchev–Trinajstić information content (AvgIpc) is 3.03. The molecule has 0 unspecified atom stereocenters. The molecule has 0 amide bonds. The Labute approximate surface area is 269 Å². The predicted octanol–water partition coefficient (Wildman–Crippen LogP) is 10.3. The zero-order valence-electron chi connectivity index (χ0n) is 25.1. The van der Waals surface area contributed by atoms with Gasteiger partial charge in [-0.05, 0) is 47.7 Å². The number of unbranched alkanes of at least 4 members (excludes halogenated alkanes) is 2. The van der Waals surface area contributed by atoms with E-state index in [0.717, 1.165) is 54.6 Å². The fourth-order valence-electron chi connectivity index (χ4n) is 4.86. The van der Waals surface area contributed by atoms with Crippen molar-refractivity contribution in [2.45, 2.75) is 38.7 Å². The highest BCUT2D eigenvalue weighted by molar-refractivity contribution is 5.92. The molecule has 5 rings (SSSR count). The Hall–Kier alpha value is -5.26. The van der Waals surface area contributed by atoms with Gasteiger partial charge in [-0.25, -0.2) is 31.1 Å². The molecule has 4 aromatic carbocycles. The second kappa shape index (κ2) is 14.2. The third kappa shape index (κ3) is 7.64. The predicted molar refractivity (Wildman–Crippen MR) is 160 cm³/mol. The molecule has 4 nitrogen and oxygen atoms in total. The van der Waals surface area contributed by atoms with Gasteiger partial charge in [0.05, 0.1) is 11.3 Å². The van der Waals surface area contributed by atoms with Gasteiger partial charge in [-0.15, -0.1) is 0 Å². The molecular weight excluding hydrogens is 646 g/mol. The summed E-state index contributed by atoms with van der Waals surface area (Å²) in [5.74, 6) is -14.2. The first-order valence-electron chi connectivity index (χ1n) is 14.6. The maximum absolute atomic E-state index is 15.0. The summed E-state index contributed by atoms with van der Waals surface area (Å²) in [6, 6.07) is 15.2. The van der Waals surface area contributed by atoms with Gasteiger partial charge in [0.15, 0.2) is 17.5 Å². The Morgan fingerprint density at radius 1 is 0.688 bits per heavy atom. The van der Waals surface area contributed by atoms with Gasteiger partial charge in [-0.1, -0.05) is 56.2 Å². The van der Waals surface area contributed by atoms with Crippen LogP contribution in [0.1, 0.15) is 47.7 Å². The lowest BCUT2D eigenvalue weighted by Crippen LogP contribution is -2.25. The number of carbonyl (C=O) groups is 1. The molecular formula is C36H25F8NO3. The quantitative estimate of drug-likeness (QED) is 0.0461. The standard InChI is InChI=1S/C36H25F8NO3/c1-2-3-4-5-20-6-13-32(45-19-20)22-9-7-21(8-10-22)23-11-12-26(27(37)14-23)35(46)47-24-15-28(38)33(29(39)16-24)36(43,44)48-25-17-30(40)34(42)31(41)18-25/h6-19H,2-5H2,1H3. The largest absolute Gasteiger partial charge is 0.432 e. The Bertz CT molecular complexity index is 1900. The van der Waals surface area contributed by atoms with Crippen LogP contribution in [0.3, 0.4) is 0 Å². The van der Waals surface area contributed by atoms with Gasteiger partial charge in [0.2, 0.25) is 0 Å². The summed E-state index contributed by atoms with van der Waals surface area (Å²) < 4.78 is 122. The van der Waals surface area contributed by atoms with E-state index < -0.39 is 69.6 Å². The maximum Gasteiger partial charge on any atom is 0.432 e. The number of benzene rings is 4. The molecule has 0 radical (unpaired) electrons. The molecule has 0 saturated carbocycles. The number of halogens is 8. The Kier molecular flexibility index (Phi) is 10.1. The number of hydrogen-bond acceptors (Lipinski definition) is 4. The van der Waals surface area contributed by atoms with Crippen molar-refractivity contribution in [3.05, 3.63) is 137 Å². The zero-order valence-corrected chi connectivity index (χ0v) is 25.1. The van der Waals surface area contributed by atoms with Crippen molar-refractivity contribution in [1.82, 2.24) is 4.98 Å². The van der Waals surface area contributed by atoms with Crippen LogP contribution in [0.2, 0.25) is 0 Å². The molecule has 0 atom stereocenters. The average molecular weight is 672 g/mol. The summed E-state index contributed by atoms with van der Waals surface area (Å²) in [7, 11) is 0. The highest BCUT2D eigenvalue weighted by Crippen LogP contribution is 2.37. The van der Waals surface area contributed by atoms with E-state index in [1.54, 1.807) is 12.1 Å². The Balaban J connectivity index is 1.27. The van der Waals surface area contributed by atoms with Crippen LogP contribution < -0.4 is 9.47 Å². The molecule has 5 aromatic rings. The van der Waals surface area contributed by atoms with Crippen molar-refractivity contribution in [1.29, 1.82) is 0 Å². The molecule has 0 aliphatic heterocycles. The lowest BCUT2D eigenvalue weighted by molar-refractivity contribution is -0.189. The third-order valence-electron chi connectivity index (χ3n) is 7.32. The number of esters is 1. The van der Waals surface area contributed by atoms with E-state index in [9.17, 15) is 39.9 Å². The minimum absolute atomic E-state index is 0.0550. The molecule has 0 bridgehead atoms. The van der Waals surface area contributed by atoms with Gasteiger partial charge < -0.3 is 9.47 Å². The Morgan fingerprint density at radius 3 is 1.88 bits per heavy atom. The van der Waals surface area contributed by atoms with E-state index >= 15 is 0 Å². The number of alkyl halides is 2. The van der Waals surface area contributed by atoms with Crippen LogP contribution >= 0.6 is 0 Å². The SMILES string of the molecule is CCCCCc1ccc(-c2ccc(-c3ccc(C(=O)Oc4cc(F)c(C(F)(F)Oc5cc(F)c(F)c(F)c5)c(F)c4)c(F)c3)cc2)nc1. The summed E-state index contributed by atoms with van der Waals surface area (Å²) in [5, 5.41) is 0. The van der Waals surface area contributed by atoms with Gasteiger partial charge in [0.1, 0.15) is 34.5 Å². The third-order valence-corrected chi connectivity index (χ3v) is 7.32. The van der Waals surface area contributed by atoms with Crippen LogP contribution in [0.15, 0.2) is 85.1 Å². The lowest BCUT2D eigenvalue weighted by Gasteiger charge is -2.20. The number of aromatic nitrogens is 1. The number of ether oxygens (including phenoxy) is 2. The van der Waals surface area contributed by atoms with Gasteiger partial charge in [0.25, 0.3) is 0 Å². The van der Waals surface area contributed by atoms with E-state index in [1.165, 1.54) is 6.07 Å². The van der Waals surface area contributed by atoms with Crippen molar-refractivity contribution >= 4 is 5.97 Å². The molecule has 0 spiro atoms. The smallest absolute Gasteiger partial charge is 0.429 e. The summed E-state index contributed by atoms with van der Waals surface area (Å²) in [6.45, 7) is 2.14. The highest BCUT2D eigenvalue weighted by atomic mass is 19.3. The number of nitrogens with zero attached hydrogens (tertiary/aromatic N) is 1. The topological polar surface area (TPSA) is 48.4 Å². The minimum Gasteiger partial charge on any atom is -0.429 e. The monoisotopic (exact) mass is 671 g/mol. The normalized spacial score (nSPS) is 11.4. The van der Waals surface area contributed by atoms with Crippen molar-refractivity contribution in [2.75, 3.05) is 0 Å². The van der Waals surface area contributed by atoms with Crippen LogP contribution in [-0.4, -0.2) is 11.0 Å². The van der Waals surface area contributed by atoms with Gasteiger partial charge in [0, 0.05) is 36.0 Å². The van der Waals surface area contributed by atoms with Crippen LogP contribution in [0.5, 0.6) is 11.5 Å². The molecule has 248 valence electrons. The van der Waals surface area contributed by atoms with Gasteiger partial charge >= 0.3 is 12.1 Å². The van der Waals surface area contributed by atoms with E-state index in [2.05, 4.69) is 16.6 Å². The van der Waals surface area contributed by atoms with Crippen LogP contribution in [0.25, 0.3) is 22.4 Å². The first-order valence-corrected chi connectivity index (χ1v) is 14.6. The number of pyridine rings is 1. The lowest BCUT2D eigenvalue weighted by atomic mass is 10.0. The molecule has 48 heavy (non-hydrogen) atoms. The molecule has 0 N–H and O–H groups in total. The second-order valence-corrected chi connectivity index (χ2v) is 10.8. The highest BCUT2D eigenvalue weighted by Gasteiger charge is 2.42. The van der Waals surface area contributed by atoms with Crippen molar-refractivity contribution < 1.29 is 49.4 Å².